The number of aliphatic hydroxyl groups excluding tert-OH is 9. The van der Waals surface area contributed by atoms with E-state index in [1.165, 1.54) is 5.57 Å². The van der Waals surface area contributed by atoms with E-state index in [4.69, 9.17) is 32.6 Å². The molecular formula is C47H76O20S. The largest absolute Gasteiger partial charge is 0.432 e. The van der Waals surface area contributed by atoms with E-state index in [0.717, 1.165) is 38.5 Å². The molecule has 4 saturated carbocycles. The number of carbonyl (C=O) groups excluding carboxylic acids is 1. The van der Waals surface area contributed by atoms with Crippen LogP contribution in [0.2, 0.25) is 0 Å². The number of carbonyl (C=O) groups is 1. The molecule has 20 nitrogen and oxygen atoms in total. The van der Waals surface area contributed by atoms with E-state index in [-0.39, 0.29) is 39.4 Å². The van der Waals surface area contributed by atoms with Gasteiger partial charge < -0.3 is 74.4 Å². The maximum atomic E-state index is 14.7. The molecule has 8 rings (SSSR count). The number of hydrogen-bond donors (Lipinski definition) is 10. The zero-order chi connectivity index (χ0) is 49.9. The molecule has 68 heavy (non-hydrogen) atoms. The van der Waals surface area contributed by atoms with Crippen LogP contribution in [-0.2, 0) is 47.8 Å². The van der Waals surface area contributed by atoms with Crippen molar-refractivity contribution in [2.75, 3.05) is 19.8 Å². The average Bonchev–Trinajstić information content (AvgIpc) is 3.26. The highest BCUT2D eigenvalue weighted by Gasteiger charge is 2.70. The Morgan fingerprint density at radius 2 is 1.31 bits per heavy atom. The van der Waals surface area contributed by atoms with Crippen LogP contribution in [0.5, 0.6) is 0 Å². The van der Waals surface area contributed by atoms with Crippen molar-refractivity contribution in [3.05, 3.63) is 11.6 Å². The number of aliphatic hydroxyl groups is 9. The fourth-order valence-corrected chi connectivity index (χ4v) is 15.5. The lowest BCUT2D eigenvalue weighted by molar-refractivity contribution is -0.354. The number of fused-ring (bicyclic) bond motifs is 7. The van der Waals surface area contributed by atoms with E-state index in [1.54, 1.807) is 0 Å². The first-order valence-electron chi connectivity index (χ1n) is 24.4. The van der Waals surface area contributed by atoms with E-state index in [1.807, 2.05) is 0 Å². The molecule has 0 bridgehead atoms. The predicted molar refractivity (Wildman–Crippen MR) is 235 cm³/mol. The fraction of sp³-hybridized carbons (Fsp3) is 0.936. The fourth-order valence-electron chi connectivity index (χ4n) is 15.0. The molecule has 22 atom stereocenters. The van der Waals surface area contributed by atoms with E-state index < -0.39 is 139 Å². The normalized spacial score (nSPS) is 51.2. The predicted octanol–water partition coefficient (Wildman–Crippen LogP) is 0.607. The summed E-state index contributed by atoms with van der Waals surface area (Å²) < 4.78 is 75.2. The van der Waals surface area contributed by atoms with Gasteiger partial charge in [0.15, 0.2) is 18.7 Å². The van der Waals surface area contributed by atoms with Gasteiger partial charge in [-0.25, -0.2) is 4.18 Å². The lowest BCUT2D eigenvalue weighted by atomic mass is 9.33. The molecule has 0 aromatic carbocycles. The molecule has 10 N–H and O–H groups in total. The maximum absolute atomic E-state index is 14.7. The summed E-state index contributed by atoms with van der Waals surface area (Å²) in [5, 5.41) is 93.8. The molecule has 0 amide bonds. The molecule has 3 heterocycles. The first kappa shape index (κ1) is 52.8. The Hall–Kier alpha value is -1.48. The molecule has 5 aliphatic carbocycles. The molecule has 21 heteroatoms. The Kier molecular flexibility index (Phi) is 14.3. The Bertz CT molecular complexity index is 2000. The van der Waals surface area contributed by atoms with Gasteiger partial charge in [-0.2, -0.15) is 8.42 Å². The van der Waals surface area contributed by atoms with Crippen LogP contribution in [0.25, 0.3) is 0 Å². The van der Waals surface area contributed by atoms with Gasteiger partial charge in [-0.05, 0) is 109 Å². The van der Waals surface area contributed by atoms with Crippen LogP contribution in [0.3, 0.4) is 0 Å². The number of hydrogen-bond acceptors (Lipinski definition) is 19. The van der Waals surface area contributed by atoms with Gasteiger partial charge in [0.2, 0.25) is 6.29 Å². The molecule has 0 aromatic rings. The van der Waals surface area contributed by atoms with Crippen molar-refractivity contribution < 1.29 is 96.3 Å². The third-order valence-corrected chi connectivity index (χ3v) is 19.6. The van der Waals surface area contributed by atoms with Crippen LogP contribution >= 0.6 is 0 Å². The quantitative estimate of drug-likeness (QED) is 0.0620. The van der Waals surface area contributed by atoms with E-state index in [2.05, 4.69) is 54.5 Å². The number of allylic oxidation sites excluding steroid dienone is 2. The number of rotatable bonds is 10. The second kappa shape index (κ2) is 18.5. The van der Waals surface area contributed by atoms with Gasteiger partial charge in [0, 0.05) is 0 Å². The molecule has 0 radical (unpaired) electrons. The van der Waals surface area contributed by atoms with Crippen LogP contribution in [0.4, 0.5) is 0 Å². The molecule has 0 unspecified atom stereocenters. The number of ether oxygens (including phenoxy) is 6. The van der Waals surface area contributed by atoms with Gasteiger partial charge in [0.1, 0.15) is 61.0 Å². The topological polar surface area (TPSA) is 318 Å². The van der Waals surface area contributed by atoms with E-state index in [0.29, 0.717) is 25.7 Å². The first-order valence-corrected chi connectivity index (χ1v) is 25.7. The summed E-state index contributed by atoms with van der Waals surface area (Å²) >= 11 is 0. The van der Waals surface area contributed by atoms with Crippen molar-refractivity contribution in [2.24, 2.45) is 50.2 Å². The van der Waals surface area contributed by atoms with E-state index >= 15 is 0 Å². The summed E-state index contributed by atoms with van der Waals surface area (Å²) in [6.07, 6.45) is -14.2. The Balaban J connectivity index is 1.04. The molecule has 3 saturated heterocycles. The highest BCUT2D eigenvalue weighted by atomic mass is 32.3. The molecule has 0 spiro atoms. The summed E-state index contributed by atoms with van der Waals surface area (Å²) in [6, 6.07) is 0. The van der Waals surface area contributed by atoms with Crippen molar-refractivity contribution >= 4 is 16.4 Å². The minimum Gasteiger partial charge on any atom is -0.432 e. The van der Waals surface area contributed by atoms with Crippen molar-refractivity contribution in [2.45, 2.75) is 205 Å². The Morgan fingerprint density at radius 1 is 0.706 bits per heavy atom. The van der Waals surface area contributed by atoms with Gasteiger partial charge in [-0.1, -0.05) is 60.1 Å². The minimum absolute atomic E-state index is 0.0852. The summed E-state index contributed by atoms with van der Waals surface area (Å²) in [7, 11) is -5.23. The zero-order valence-electron chi connectivity index (χ0n) is 40.1. The Morgan fingerprint density at radius 3 is 1.93 bits per heavy atom. The van der Waals surface area contributed by atoms with Crippen LogP contribution in [-0.4, -0.2) is 177 Å². The molecular weight excluding hydrogens is 917 g/mol. The lowest BCUT2D eigenvalue weighted by Gasteiger charge is -2.71. The lowest BCUT2D eigenvalue weighted by Crippen LogP contribution is -2.66. The summed E-state index contributed by atoms with van der Waals surface area (Å²) in [5.41, 5.74) is -1.04. The smallest absolute Gasteiger partial charge is 0.397 e. The van der Waals surface area contributed by atoms with Crippen LogP contribution in [0.15, 0.2) is 11.6 Å². The Labute approximate surface area is 398 Å². The van der Waals surface area contributed by atoms with Gasteiger partial charge in [-0.15, -0.1) is 0 Å². The maximum Gasteiger partial charge on any atom is 0.397 e. The average molecular weight is 993 g/mol. The molecule has 7 fully saturated rings. The van der Waals surface area contributed by atoms with E-state index in [9.17, 15) is 63.7 Å². The summed E-state index contributed by atoms with van der Waals surface area (Å²) in [4.78, 5) is 14.7. The second-order valence-corrected chi connectivity index (χ2v) is 24.6. The molecule has 0 aromatic heterocycles. The number of esters is 1. The van der Waals surface area contributed by atoms with Crippen molar-refractivity contribution in [1.29, 1.82) is 0 Å². The summed E-state index contributed by atoms with van der Waals surface area (Å²) in [6.45, 7) is 14.0. The first-order chi connectivity index (χ1) is 31.6. The minimum atomic E-state index is -5.23. The van der Waals surface area contributed by atoms with Crippen molar-refractivity contribution in [3.63, 3.8) is 0 Å². The highest BCUT2D eigenvalue weighted by molar-refractivity contribution is 7.80. The monoisotopic (exact) mass is 992 g/mol. The van der Waals surface area contributed by atoms with Crippen LogP contribution in [0.1, 0.15) is 113 Å². The standard InChI is InChI=1S/C47H76O20S/c1-42(2)14-16-47(41(57)66-39-35(56)33(54)31(52)26(20-49)63-39)17-15-45(6)22(23(47)18-42)8-9-28-44(5)12-11-29(43(3,4)27(44)10-13-46(28,45)7)64-40-37(67-68(58,59)60)36(24(50)21-61-40)65-38-34(55)32(53)30(51)25(19-48)62-38/h8,23-40,48-56H,9-21H2,1-7H3,(H,58,59,60)/t23-,24-,25+,26+,27-,28+,29-,30+,31+,32-,33-,34+,35+,36-,37+,38-,39-,40-,44-,45+,46+,47-/m0/s1. The van der Waals surface area contributed by atoms with Crippen molar-refractivity contribution in [3.8, 4) is 0 Å². The highest BCUT2D eigenvalue weighted by Crippen LogP contribution is 2.76. The van der Waals surface area contributed by atoms with Gasteiger partial charge >= 0.3 is 16.4 Å². The van der Waals surface area contributed by atoms with Crippen molar-refractivity contribution in [1.82, 2.24) is 0 Å². The molecule has 3 aliphatic heterocycles. The summed E-state index contributed by atoms with van der Waals surface area (Å²) in [5.74, 6) is -0.389. The third-order valence-electron chi connectivity index (χ3n) is 19.1. The third kappa shape index (κ3) is 8.65. The van der Waals surface area contributed by atoms with Crippen LogP contribution < -0.4 is 0 Å². The zero-order valence-corrected chi connectivity index (χ0v) is 40.9. The molecule has 8 aliphatic rings. The van der Waals surface area contributed by atoms with Crippen LogP contribution in [0, 0.1) is 50.2 Å². The SMILES string of the molecule is CC1(C)CC[C@]2(C(=O)O[C@@H]3O[C@H](CO)[C@@H](O)[C@H](O)[C@H]3O)CC[C@]3(C)C(=CC[C@@H]4[C@@]5(C)CC[C@H](O[C@@H]6OC[C@H](O)[C@H](O[C@@H]7O[C@H](CO)[C@@H](O)[C@H](O)[C@H]7O)[C@H]6OS(=O)(=O)O)C(C)(C)[C@@H]5CC[C@]43C)[C@@H]2C1. The second-order valence-electron chi connectivity index (χ2n) is 23.5. The van der Waals surface area contributed by atoms with Gasteiger partial charge in [-0.3, -0.25) is 9.35 Å². The molecule has 390 valence electrons. The van der Waals surface area contributed by atoms with Gasteiger partial charge in [0.25, 0.3) is 0 Å². The van der Waals surface area contributed by atoms with Gasteiger partial charge in [0.05, 0.1) is 31.3 Å².